The zero-order valence-electron chi connectivity index (χ0n) is 13.2. The van der Waals surface area contributed by atoms with Gasteiger partial charge in [0.1, 0.15) is 13.7 Å². The molecule has 0 heterocycles. The van der Waals surface area contributed by atoms with Crippen molar-refractivity contribution < 1.29 is 22.8 Å². The van der Waals surface area contributed by atoms with Crippen molar-refractivity contribution in [2.45, 2.75) is 19.5 Å². The molecule has 0 N–H and O–H groups in total. The minimum Gasteiger partial charge on any atom is -0.399 e. The minimum absolute atomic E-state index is 0.100. The lowest BCUT2D eigenvalue weighted by atomic mass is 10.0. The summed E-state index contributed by atoms with van der Waals surface area (Å²) >= 11 is 0. The zero-order valence-corrected chi connectivity index (χ0v) is 13.2. The van der Waals surface area contributed by atoms with Gasteiger partial charge in [-0.1, -0.05) is 34.6 Å². The van der Waals surface area contributed by atoms with Gasteiger partial charge in [-0.3, -0.25) is 0 Å². The molecule has 0 bridgehead atoms. The van der Waals surface area contributed by atoms with Gasteiger partial charge in [0, 0.05) is 12.0 Å². The monoisotopic (exact) mass is 337 g/mol. The van der Waals surface area contributed by atoms with E-state index in [4.69, 9.17) is 9.68 Å². The highest BCUT2D eigenvalue weighted by Crippen LogP contribution is 2.29. The number of hydrogen-bond acceptors (Lipinski definition) is 4. The van der Waals surface area contributed by atoms with Crippen LogP contribution in [-0.4, -0.2) is 25.1 Å². The fraction of sp³-hybridized carbons (Fsp3) is 0.294. The molecule has 0 aliphatic heterocycles. The fourth-order valence-electron chi connectivity index (χ4n) is 2.03. The van der Waals surface area contributed by atoms with Crippen molar-refractivity contribution in [3.05, 3.63) is 59.2 Å². The van der Waals surface area contributed by atoms with Gasteiger partial charge in [0.15, 0.2) is 0 Å². The highest BCUT2D eigenvalue weighted by Gasteiger charge is 2.30. The summed E-state index contributed by atoms with van der Waals surface area (Å²) in [5.41, 5.74) is 1.32. The molecule has 0 spiro atoms. The second kappa shape index (κ2) is 7.81. The largest absolute Gasteiger partial charge is 0.416 e. The first-order chi connectivity index (χ1) is 11.4. The molecule has 1 aliphatic rings. The summed E-state index contributed by atoms with van der Waals surface area (Å²) in [6.45, 7) is 1.68. The van der Waals surface area contributed by atoms with Gasteiger partial charge in [0.25, 0.3) is 0 Å². The molecule has 1 aromatic carbocycles. The van der Waals surface area contributed by atoms with Crippen molar-refractivity contribution in [2.24, 2.45) is 10.3 Å². The molecule has 0 unspecified atom stereocenters. The van der Waals surface area contributed by atoms with Gasteiger partial charge in [-0.25, -0.2) is 0 Å². The maximum absolute atomic E-state index is 12.7. The fourth-order valence-corrected chi connectivity index (χ4v) is 2.03. The summed E-state index contributed by atoms with van der Waals surface area (Å²) in [5, 5.41) is 7.75. The Morgan fingerprint density at radius 2 is 2.12 bits per heavy atom. The molecule has 24 heavy (non-hydrogen) atoms. The van der Waals surface area contributed by atoms with Gasteiger partial charge >= 0.3 is 6.18 Å². The molecule has 2 rings (SSSR count). The second-order valence-corrected chi connectivity index (χ2v) is 4.98. The Labute approximate surface area is 137 Å². The predicted octanol–water partition coefficient (Wildman–Crippen LogP) is 4.14. The summed E-state index contributed by atoms with van der Waals surface area (Å²) in [7, 11) is 1.44. The Morgan fingerprint density at radius 1 is 1.33 bits per heavy atom. The number of halogens is 3. The molecular formula is C17H16F3N2O2. The van der Waals surface area contributed by atoms with Crippen LogP contribution in [0, 0.1) is 6.08 Å². The second-order valence-electron chi connectivity index (χ2n) is 4.98. The van der Waals surface area contributed by atoms with Crippen LogP contribution in [0.1, 0.15) is 24.5 Å². The number of alkyl halides is 3. The summed E-state index contributed by atoms with van der Waals surface area (Å²) in [4.78, 5) is 9.98. The van der Waals surface area contributed by atoms with Crippen molar-refractivity contribution in [1.29, 1.82) is 0 Å². The standard InChI is InChI=1S/C17H16F3N2O2/c1-12(13-7-5-8-15(10-13)17(18,19)20)21-24-11-14-6-3-4-9-16(14)22-23-2/h3-5,7-8,10H,9,11H2,1-2H3/b21-12+,22-16+. The van der Waals surface area contributed by atoms with Crippen LogP contribution in [0.2, 0.25) is 0 Å². The average molecular weight is 337 g/mol. The third-order valence-corrected chi connectivity index (χ3v) is 3.25. The minimum atomic E-state index is -4.39. The number of benzene rings is 1. The van der Waals surface area contributed by atoms with Crippen LogP contribution in [0.3, 0.4) is 0 Å². The van der Waals surface area contributed by atoms with Crippen LogP contribution in [0.4, 0.5) is 13.2 Å². The van der Waals surface area contributed by atoms with Crippen molar-refractivity contribution in [1.82, 2.24) is 0 Å². The van der Waals surface area contributed by atoms with E-state index in [1.807, 2.05) is 6.08 Å². The van der Waals surface area contributed by atoms with E-state index in [0.29, 0.717) is 29.0 Å². The van der Waals surface area contributed by atoms with Crippen LogP contribution in [0.5, 0.6) is 0 Å². The number of nitrogens with zero attached hydrogens (tertiary/aromatic N) is 2. The van der Waals surface area contributed by atoms with Crippen molar-refractivity contribution in [3.63, 3.8) is 0 Å². The van der Waals surface area contributed by atoms with Crippen LogP contribution in [0.15, 0.2) is 52.3 Å². The maximum atomic E-state index is 12.7. The van der Waals surface area contributed by atoms with Crippen molar-refractivity contribution in [3.8, 4) is 0 Å². The van der Waals surface area contributed by atoms with E-state index in [1.165, 1.54) is 13.2 Å². The van der Waals surface area contributed by atoms with Crippen LogP contribution in [0.25, 0.3) is 0 Å². The lowest BCUT2D eigenvalue weighted by molar-refractivity contribution is -0.137. The van der Waals surface area contributed by atoms with Gasteiger partial charge in [-0.05, 0) is 30.7 Å². The number of allylic oxidation sites excluding steroid dienone is 3. The smallest absolute Gasteiger partial charge is 0.399 e. The van der Waals surface area contributed by atoms with Gasteiger partial charge in [0.05, 0.1) is 17.0 Å². The number of oxime groups is 2. The van der Waals surface area contributed by atoms with E-state index < -0.39 is 11.7 Å². The number of rotatable bonds is 5. The van der Waals surface area contributed by atoms with E-state index in [2.05, 4.69) is 16.4 Å². The van der Waals surface area contributed by atoms with E-state index in [1.54, 1.807) is 19.1 Å². The zero-order chi connectivity index (χ0) is 17.6. The third-order valence-electron chi connectivity index (χ3n) is 3.25. The van der Waals surface area contributed by atoms with E-state index >= 15 is 0 Å². The highest BCUT2D eigenvalue weighted by atomic mass is 19.4. The summed E-state index contributed by atoms with van der Waals surface area (Å²) < 4.78 is 38.2. The van der Waals surface area contributed by atoms with Crippen LogP contribution >= 0.6 is 0 Å². The lowest BCUT2D eigenvalue weighted by Crippen LogP contribution is -2.11. The maximum Gasteiger partial charge on any atom is 0.416 e. The first kappa shape index (κ1) is 17.8. The molecule has 1 aromatic rings. The molecule has 0 amide bonds. The molecule has 0 saturated heterocycles. The molecular weight excluding hydrogens is 321 g/mol. The van der Waals surface area contributed by atoms with Crippen molar-refractivity contribution >= 4 is 11.4 Å². The van der Waals surface area contributed by atoms with Gasteiger partial charge in [-0.2, -0.15) is 13.2 Å². The van der Waals surface area contributed by atoms with Gasteiger partial charge in [0.2, 0.25) is 0 Å². The Morgan fingerprint density at radius 3 is 2.83 bits per heavy atom. The number of hydrogen-bond donors (Lipinski definition) is 0. The molecule has 0 saturated carbocycles. The Hall–Kier alpha value is -2.57. The molecule has 0 fully saturated rings. The molecule has 7 heteroatoms. The highest BCUT2D eigenvalue weighted by molar-refractivity contribution is 6.01. The molecule has 1 aliphatic carbocycles. The molecule has 0 aromatic heterocycles. The molecule has 4 nitrogen and oxygen atoms in total. The SMILES string of the molecule is CO/N=C1\CC=C[C]=C1CO/N=C(\C)c1cccc(C(F)(F)F)c1. The average Bonchev–Trinajstić information content (AvgIpc) is 2.56. The van der Waals surface area contributed by atoms with Gasteiger partial charge < -0.3 is 9.68 Å². The van der Waals surface area contributed by atoms with Crippen LogP contribution < -0.4 is 0 Å². The summed E-state index contributed by atoms with van der Waals surface area (Å²) in [6, 6.07) is 4.93. The first-order valence-corrected chi connectivity index (χ1v) is 7.13. The van der Waals surface area contributed by atoms with E-state index in [0.717, 1.165) is 12.1 Å². The van der Waals surface area contributed by atoms with Crippen LogP contribution in [-0.2, 0) is 15.9 Å². The summed E-state index contributed by atoms with van der Waals surface area (Å²) in [5.74, 6) is 0. The third kappa shape index (κ3) is 4.71. The van der Waals surface area contributed by atoms with E-state index in [-0.39, 0.29) is 6.61 Å². The first-order valence-electron chi connectivity index (χ1n) is 7.13. The van der Waals surface area contributed by atoms with Gasteiger partial charge in [-0.15, -0.1) is 0 Å². The topological polar surface area (TPSA) is 43.2 Å². The lowest BCUT2D eigenvalue weighted by Gasteiger charge is -2.11. The Balaban J connectivity index is 2.06. The van der Waals surface area contributed by atoms with E-state index in [9.17, 15) is 13.2 Å². The molecule has 0 atom stereocenters. The Bertz CT molecular complexity index is 704. The summed E-state index contributed by atoms with van der Waals surface area (Å²) in [6.07, 6.45) is 2.80. The predicted molar refractivity (Wildman–Crippen MR) is 84.6 cm³/mol. The van der Waals surface area contributed by atoms with Crippen molar-refractivity contribution in [2.75, 3.05) is 13.7 Å². The Kier molecular flexibility index (Phi) is 5.78. The quantitative estimate of drug-likeness (QED) is 0.599. The molecule has 127 valence electrons. The molecule has 1 radical (unpaired) electrons. The normalized spacial score (nSPS) is 17.0.